The van der Waals surface area contributed by atoms with Crippen LogP contribution >= 0.6 is 22.7 Å². The van der Waals surface area contributed by atoms with E-state index in [2.05, 4.69) is 9.97 Å². The molecule has 78 valence electrons. The minimum Gasteiger partial charge on any atom is -0.293 e. The number of aromatic nitrogens is 2. The largest absolute Gasteiger partial charge is 0.293 e. The van der Waals surface area contributed by atoms with Gasteiger partial charge in [-0.3, -0.25) is 4.79 Å². The number of Topliss-reactive ketones (excluding diaryl/α,β-unsaturated/α-hetero) is 1. The van der Waals surface area contributed by atoms with Crippen LogP contribution in [0.3, 0.4) is 0 Å². The lowest BCUT2D eigenvalue weighted by atomic mass is 10.3. The molecule has 0 aromatic carbocycles. The van der Waals surface area contributed by atoms with Crippen LogP contribution < -0.4 is 0 Å². The van der Waals surface area contributed by atoms with Crippen LogP contribution in [-0.4, -0.2) is 15.8 Å². The third-order valence-corrected chi connectivity index (χ3v) is 3.58. The second kappa shape index (κ2) is 4.20. The molecule has 5 heteroatoms. The Morgan fingerprint density at radius 2 is 2.13 bits per heavy atom. The van der Waals surface area contributed by atoms with Crippen molar-refractivity contribution in [2.75, 3.05) is 0 Å². The molecule has 0 atom stereocenters. The lowest BCUT2D eigenvalue weighted by molar-refractivity contribution is 0.101. The van der Waals surface area contributed by atoms with Gasteiger partial charge in [-0.25, -0.2) is 9.97 Å². The Labute approximate surface area is 95.8 Å². The van der Waals surface area contributed by atoms with Gasteiger partial charge in [0, 0.05) is 24.1 Å². The van der Waals surface area contributed by atoms with Gasteiger partial charge in [0.1, 0.15) is 5.69 Å². The minimum atomic E-state index is 0.0203. The minimum absolute atomic E-state index is 0.0203. The first-order chi connectivity index (χ1) is 7.15. The number of rotatable bonds is 3. The highest BCUT2D eigenvalue weighted by molar-refractivity contribution is 7.10. The number of nitrogens with zero attached hydrogens (tertiary/aromatic N) is 2. The van der Waals surface area contributed by atoms with Crippen molar-refractivity contribution in [1.29, 1.82) is 0 Å². The summed E-state index contributed by atoms with van der Waals surface area (Å²) in [6.45, 7) is 3.52. The van der Waals surface area contributed by atoms with Crippen LogP contribution in [0.15, 0.2) is 10.8 Å². The first kappa shape index (κ1) is 10.4. The normalized spacial score (nSPS) is 10.5. The summed E-state index contributed by atoms with van der Waals surface area (Å²) in [6.07, 6.45) is 0.724. The van der Waals surface area contributed by atoms with Crippen molar-refractivity contribution in [1.82, 2.24) is 9.97 Å². The molecule has 0 spiro atoms. The van der Waals surface area contributed by atoms with Crippen molar-refractivity contribution < 1.29 is 4.79 Å². The number of carbonyl (C=O) groups is 1. The quantitative estimate of drug-likeness (QED) is 0.772. The average molecular weight is 238 g/mol. The van der Waals surface area contributed by atoms with Crippen molar-refractivity contribution >= 4 is 28.5 Å². The molecule has 2 heterocycles. The number of ketones is 1. The number of hydrogen-bond donors (Lipinski definition) is 0. The Kier molecular flexibility index (Phi) is 2.93. The third kappa shape index (κ3) is 2.49. The summed E-state index contributed by atoms with van der Waals surface area (Å²) >= 11 is 3.15. The summed E-state index contributed by atoms with van der Waals surface area (Å²) in [4.78, 5) is 19.7. The topological polar surface area (TPSA) is 42.9 Å². The Morgan fingerprint density at radius 1 is 1.33 bits per heavy atom. The summed E-state index contributed by atoms with van der Waals surface area (Å²) in [5.74, 6) is 0.0203. The van der Waals surface area contributed by atoms with Crippen LogP contribution in [0.4, 0.5) is 0 Å². The van der Waals surface area contributed by atoms with Crippen molar-refractivity contribution in [2.45, 2.75) is 20.3 Å². The molecule has 0 aliphatic carbocycles. The van der Waals surface area contributed by atoms with E-state index in [0.717, 1.165) is 22.1 Å². The second-order valence-electron chi connectivity index (χ2n) is 3.22. The van der Waals surface area contributed by atoms with E-state index in [4.69, 9.17) is 0 Å². The van der Waals surface area contributed by atoms with Crippen molar-refractivity contribution in [2.24, 2.45) is 0 Å². The lowest BCUT2D eigenvalue weighted by Crippen LogP contribution is -1.93. The fraction of sp³-hybridized carbons (Fsp3) is 0.300. The first-order valence-corrected chi connectivity index (χ1v) is 6.27. The maximum absolute atomic E-state index is 11.0. The predicted molar refractivity (Wildman–Crippen MR) is 61.8 cm³/mol. The molecular formula is C10H10N2OS2. The second-order valence-corrected chi connectivity index (χ2v) is 5.22. The van der Waals surface area contributed by atoms with Crippen molar-refractivity contribution in [3.8, 4) is 0 Å². The van der Waals surface area contributed by atoms with Gasteiger partial charge in [-0.2, -0.15) is 0 Å². The highest BCUT2D eigenvalue weighted by atomic mass is 32.1. The first-order valence-electron chi connectivity index (χ1n) is 4.51. The van der Waals surface area contributed by atoms with E-state index in [9.17, 15) is 4.79 Å². The summed E-state index contributed by atoms with van der Waals surface area (Å²) in [6, 6.07) is 0. The van der Waals surface area contributed by atoms with E-state index in [1.807, 2.05) is 12.3 Å². The molecule has 0 radical (unpaired) electrons. The Bertz CT molecular complexity index is 487. The molecule has 0 bridgehead atoms. The van der Waals surface area contributed by atoms with Gasteiger partial charge in [-0.05, 0) is 6.92 Å². The summed E-state index contributed by atoms with van der Waals surface area (Å²) < 4.78 is 0. The molecule has 2 aromatic rings. The number of hydrogen-bond acceptors (Lipinski definition) is 5. The molecule has 2 rings (SSSR count). The average Bonchev–Trinajstić information content (AvgIpc) is 2.76. The monoisotopic (exact) mass is 238 g/mol. The predicted octanol–water partition coefficient (Wildman–Crippen LogP) is 2.70. The van der Waals surface area contributed by atoms with E-state index in [1.165, 1.54) is 18.3 Å². The van der Waals surface area contributed by atoms with Crippen LogP contribution in [0.1, 0.15) is 33.1 Å². The van der Waals surface area contributed by atoms with E-state index in [-0.39, 0.29) is 5.78 Å². The van der Waals surface area contributed by atoms with Gasteiger partial charge in [0.25, 0.3) is 0 Å². The Morgan fingerprint density at radius 3 is 2.67 bits per heavy atom. The van der Waals surface area contributed by atoms with Gasteiger partial charge in [0.15, 0.2) is 5.78 Å². The smallest absolute Gasteiger partial charge is 0.178 e. The van der Waals surface area contributed by atoms with Gasteiger partial charge in [-0.15, -0.1) is 22.7 Å². The molecular weight excluding hydrogens is 228 g/mol. The molecule has 0 saturated carbocycles. The highest BCUT2D eigenvalue weighted by Gasteiger charge is 2.07. The van der Waals surface area contributed by atoms with Gasteiger partial charge in [0.05, 0.1) is 15.7 Å². The summed E-state index contributed by atoms with van der Waals surface area (Å²) in [5, 5.41) is 5.85. The van der Waals surface area contributed by atoms with Crippen LogP contribution in [-0.2, 0) is 6.42 Å². The molecule has 0 saturated heterocycles. The zero-order valence-corrected chi connectivity index (χ0v) is 10.1. The van der Waals surface area contributed by atoms with Gasteiger partial charge in [0.2, 0.25) is 0 Å². The van der Waals surface area contributed by atoms with Gasteiger partial charge < -0.3 is 0 Å². The Hall–Kier alpha value is -1.07. The maximum atomic E-state index is 11.0. The number of aryl methyl sites for hydroxylation is 1. The SMILES string of the molecule is CC(=O)c1csc(Cc2csc(C)n2)n1. The van der Waals surface area contributed by atoms with E-state index in [0.29, 0.717) is 5.69 Å². The van der Waals surface area contributed by atoms with Crippen LogP contribution in [0.2, 0.25) is 0 Å². The van der Waals surface area contributed by atoms with Crippen LogP contribution in [0.25, 0.3) is 0 Å². The molecule has 3 nitrogen and oxygen atoms in total. The molecule has 15 heavy (non-hydrogen) atoms. The molecule has 0 amide bonds. The molecule has 0 aliphatic heterocycles. The lowest BCUT2D eigenvalue weighted by Gasteiger charge is -1.90. The molecule has 0 aliphatic rings. The van der Waals surface area contributed by atoms with Crippen LogP contribution in [0.5, 0.6) is 0 Å². The van der Waals surface area contributed by atoms with E-state index >= 15 is 0 Å². The van der Waals surface area contributed by atoms with Crippen molar-refractivity contribution in [3.63, 3.8) is 0 Å². The molecule has 0 fully saturated rings. The summed E-state index contributed by atoms with van der Waals surface area (Å²) in [7, 11) is 0. The van der Waals surface area contributed by atoms with Crippen LogP contribution in [0, 0.1) is 6.92 Å². The molecule has 0 unspecified atom stereocenters. The third-order valence-electron chi connectivity index (χ3n) is 1.91. The van der Waals surface area contributed by atoms with E-state index in [1.54, 1.807) is 16.7 Å². The molecule has 0 N–H and O–H groups in total. The van der Waals surface area contributed by atoms with Gasteiger partial charge in [-0.1, -0.05) is 0 Å². The zero-order valence-electron chi connectivity index (χ0n) is 8.48. The maximum Gasteiger partial charge on any atom is 0.178 e. The fourth-order valence-corrected chi connectivity index (χ4v) is 2.66. The van der Waals surface area contributed by atoms with Crippen molar-refractivity contribution in [3.05, 3.63) is 32.2 Å². The standard InChI is InChI=1S/C10H10N2OS2/c1-6(13)9-5-15-10(12-9)3-8-4-14-7(2)11-8/h4-5H,3H2,1-2H3. The van der Waals surface area contributed by atoms with E-state index < -0.39 is 0 Å². The number of carbonyl (C=O) groups excluding carboxylic acids is 1. The Balaban J connectivity index is 2.14. The number of thiazole rings is 2. The highest BCUT2D eigenvalue weighted by Crippen LogP contribution is 2.16. The molecule has 2 aromatic heterocycles. The fourth-order valence-electron chi connectivity index (χ4n) is 1.20. The van der Waals surface area contributed by atoms with Gasteiger partial charge >= 0.3 is 0 Å². The zero-order chi connectivity index (χ0) is 10.8. The summed E-state index contributed by atoms with van der Waals surface area (Å²) in [5.41, 5.74) is 1.59.